The minimum absolute atomic E-state index is 0.869. The molecular formula is C14H26. The lowest BCUT2D eigenvalue weighted by atomic mass is 9.89. The average molecular weight is 194 g/mol. The van der Waals surface area contributed by atoms with Crippen LogP contribution in [-0.2, 0) is 0 Å². The monoisotopic (exact) mass is 194 g/mol. The van der Waals surface area contributed by atoms with E-state index in [-0.39, 0.29) is 0 Å². The summed E-state index contributed by atoms with van der Waals surface area (Å²) in [6, 6.07) is 0. The Kier molecular flexibility index (Phi) is 4.71. The number of allylic oxidation sites excluding steroid dienone is 1. The Hall–Kier alpha value is -0.260. The smallest absolute Gasteiger partial charge is 0.0205 e. The summed E-state index contributed by atoms with van der Waals surface area (Å²) in [5.74, 6) is 3.69. The molecule has 0 heteroatoms. The van der Waals surface area contributed by atoms with Crippen LogP contribution in [0.5, 0.6) is 0 Å². The van der Waals surface area contributed by atoms with Gasteiger partial charge in [-0.15, -0.1) is 6.58 Å². The van der Waals surface area contributed by atoms with Crippen LogP contribution in [0.4, 0.5) is 0 Å². The van der Waals surface area contributed by atoms with E-state index in [9.17, 15) is 0 Å². The predicted molar refractivity (Wildman–Crippen MR) is 64.3 cm³/mol. The molecule has 0 N–H and O–H groups in total. The van der Waals surface area contributed by atoms with Gasteiger partial charge in [-0.2, -0.15) is 0 Å². The molecule has 0 aromatic carbocycles. The molecule has 82 valence electrons. The van der Waals surface area contributed by atoms with Gasteiger partial charge in [0.25, 0.3) is 0 Å². The zero-order valence-electron chi connectivity index (χ0n) is 10.1. The maximum Gasteiger partial charge on any atom is -0.0205 e. The Morgan fingerprint density at radius 3 is 2.57 bits per heavy atom. The molecule has 1 saturated carbocycles. The zero-order chi connectivity index (χ0) is 10.6. The van der Waals surface area contributed by atoms with Crippen LogP contribution in [0.25, 0.3) is 0 Å². The van der Waals surface area contributed by atoms with Gasteiger partial charge in [-0.1, -0.05) is 46.1 Å². The standard InChI is InChI=1S/C14H26/c1-5-11(3)12(4)8-7-9-14-10-13(14)6-2/h6,11-14H,2,5,7-10H2,1,3-4H3. The summed E-state index contributed by atoms with van der Waals surface area (Å²) in [4.78, 5) is 0. The number of hydrogen-bond donors (Lipinski definition) is 0. The van der Waals surface area contributed by atoms with Crippen molar-refractivity contribution in [1.82, 2.24) is 0 Å². The van der Waals surface area contributed by atoms with Crippen LogP contribution in [0.3, 0.4) is 0 Å². The Morgan fingerprint density at radius 2 is 2.07 bits per heavy atom. The van der Waals surface area contributed by atoms with Crippen LogP contribution in [0.1, 0.15) is 52.9 Å². The number of rotatable bonds is 7. The van der Waals surface area contributed by atoms with Crippen molar-refractivity contribution in [3.8, 4) is 0 Å². The second-order valence-electron chi connectivity index (χ2n) is 5.19. The fraction of sp³-hybridized carbons (Fsp3) is 0.857. The van der Waals surface area contributed by atoms with Crippen LogP contribution in [-0.4, -0.2) is 0 Å². The first kappa shape index (κ1) is 11.8. The van der Waals surface area contributed by atoms with Gasteiger partial charge in [-0.05, 0) is 36.5 Å². The van der Waals surface area contributed by atoms with E-state index < -0.39 is 0 Å². The predicted octanol–water partition coefficient (Wildman–Crippen LogP) is 4.66. The minimum atomic E-state index is 0.869. The van der Waals surface area contributed by atoms with Crippen LogP contribution in [0, 0.1) is 23.7 Å². The zero-order valence-corrected chi connectivity index (χ0v) is 10.1. The van der Waals surface area contributed by atoms with E-state index in [1.807, 2.05) is 0 Å². The SMILES string of the molecule is C=CC1CC1CCCC(C)C(C)CC. The van der Waals surface area contributed by atoms with Gasteiger partial charge in [0.1, 0.15) is 0 Å². The molecule has 0 bridgehead atoms. The Morgan fingerprint density at radius 1 is 1.36 bits per heavy atom. The van der Waals surface area contributed by atoms with Crippen molar-refractivity contribution in [2.75, 3.05) is 0 Å². The van der Waals surface area contributed by atoms with Crippen molar-refractivity contribution in [1.29, 1.82) is 0 Å². The highest BCUT2D eigenvalue weighted by atomic mass is 14.4. The lowest BCUT2D eigenvalue weighted by molar-refractivity contribution is 0.341. The molecule has 1 rings (SSSR count). The molecule has 0 aliphatic heterocycles. The van der Waals surface area contributed by atoms with E-state index >= 15 is 0 Å². The van der Waals surface area contributed by atoms with Crippen LogP contribution < -0.4 is 0 Å². The van der Waals surface area contributed by atoms with Crippen molar-refractivity contribution >= 4 is 0 Å². The fourth-order valence-corrected chi connectivity index (χ4v) is 2.28. The molecule has 0 radical (unpaired) electrons. The van der Waals surface area contributed by atoms with E-state index in [0.717, 1.165) is 23.7 Å². The summed E-state index contributed by atoms with van der Waals surface area (Å²) >= 11 is 0. The molecule has 0 heterocycles. The topological polar surface area (TPSA) is 0 Å². The first-order valence-electron chi connectivity index (χ1n) is 6.31. The van der Waals surface area contributed by atoms with Crippen LogP contribution in [0.15, 0.2) is 12.7 Å². The minimum Gasteiger partial charge on any atom is -0.103 e. The molecule has 4 atom stereocenters. The molecule has 0 saturated heterocycles. The van der Waals surface area contributed by atoms with Crippen molar-refractivity contribution in [2.45, 2.75) is 52.9 Å². The Bertz CT molecular complexity index is 171. The third-order valence-corrected chi connectivity index (χ3v) is 4.13. The lowest BCUT2D eigenvalue weighted by Crippen LogP contribution is -2.06. The second kappa shape index (κ2) is 5.58. The van der Waals surface area contributed by atoms with Gasteiger partial charge in [0, 0.05) is 0 Å². The number of hydrogen-bond acceptors (Lipinski definition) is 0. The van der Waals surface area contributed by atoms with Gasteiger partial charge in [-0.25, -0.2) is 0 Å². The molecule has 0 aromatic heterocycles. The van der Waals surface area contributed by atoms with E-state index in [1.54, 1.807) is 0 Å². The van der Waals surface area contributed by atoms with E-state index in [0.29, 0.717) is 0 Å². The maximum absolute atomic E-state index is 3.86. The third kappa shape index (κ3) is 3.48. The largest absolute Gasteiger partial charge is 0.103 e. The van der Waals surface area contributed by atoms with Crippen molar-refractivity contribution in [3.05, 3.63) is 12.7 Å². The van der Waals surface area contributed by atoms with Gasteiger partial charge >= 0.3 is 0 Å². The molecule has 4 unspecified atom stereocenters. The second-order valence-corrected chi connectivity index (χ2v) is 5.19. The molecule has 1 aliphatic carbocycles. The summed E-state index contributed by atoms with van der Waals surface area (Å²) in [5, 5.41) is 0. The van der Waals surface area contributed by atoms with E-state index in [1.165, 1.54) is 32.1 Å². The highest BCUT2D eigenvalue weighted by Crippen LogP contribution is 2.43. The molecule has 0 spiro atoms. The lowest BCUT2D eigenvalue weighted by Gasteiger charge is -2.17. The van der Waals surface area contributed by atoms with Crippen molar-refractivity contribution in [3.63, 3.8) is 0 Å². The highest BCUT2D eigenvalue weighted by molar-refractivity contribution is 4.97. The molecule has 0 nitrogen and oxygen atoms in total. The quantitative estimate of drug-likeness (QED) is 0.517. The molecule has 1 fully saturated rings. The molecule has 14 heavy (non-hydrogen) atoms. The summed E-state index contributed by atoms with van der Waals surface area (Å²) in [6.45, 7) is 11.0. The van der Waals surface area contributed by atoms with Gasteiger partial charge in [-0.3, -0.25) is 0 Å². The first-order valence-corrected chi connectivity index (χ1v) is 6.31. The average Bonchev–Trinajstić information content (AvgIpc) is 2.95. The molecule has 0 amide bonds. The van der Waals surface area contributed by atoms with Gasteiger partial charge in [0.05, 0.1) is 0 Å². The van der Waals surface area contributed by atoms with Gasteiger partial charge in [0.15, 0.2) is 0 Å². The fourth-order valence-electron chi connectivity index (χ4n) is 2.28. The Labute approximate surface area is 89.8 Å². The van der Waals surface area contributed by atoms with Crippen molar-refractivity contribution in [2.24, 2.45) is 23.7 Å². The third-order valence-electron chi connectivity index (χ3n) is 4.13. The normalized spacial score (nSPS) is 29.6. The summed E-state index contributed by atoms with van der Waals surface area (Å²) in [7, 11) is 0. The van der Waals surface area contributed by atoms with E-state index in [4.69, 9.17) is 0 Å². The van der Waals surface area contributed by atoms with Crippen molar-refractivity contribution < 1.29 is 0 Å². The van der Waals surface area contributed by atoms with Gasteiger partial charge in [0.2, 0.25) is 0 Å². The Balaban J connectivity index is 2.01. The molecular weight excluding hydrogens is 168 g/mol. The maximum atomic E-state index is 3.86. The summed E-state index contributed by atoms with van der Waals surface area (Å²) in [5.41, 5.74) is 0. The van der Waals surface area contributed by atoms with Gasteiger partial charge < -0.3 is 0 Å². The summed E-state index contributed by atoms with van der Waals surface area (Å²) in [6.07, 6.45) is 9.19. The first-order chi connectivity index (χ1) is 6.69. The van der Waals surface area contributed by atoms with Crippen LogP contribution >= 0.6 is 0 Å². The highest BCUT2D eigenvalue weighted by Gasteiger charge is 2.33. The summed E-state index contributed by atoms with van der Waals surface area (Å²) < 4.78 is 0. The molecule has 0 aromatic rings. The van der Waals surface area contributed by atoms with Crippen LogP contribution in [0.2, 0.25) is 0 Å². The molecule has 1 aliphatic rings. The van der Waals surface area contributed by atoms with E-state index in [2.05, 4.69) is 33.4 Å².